The first kappa shape index (κ1) is 18.3. The topological polar surface area (TPSA) is 64.9 Å². The van der Waals surface area contributed by atoms with Crippen LogP contribution in [0.15, 0.2) is 58.7 Å². The molecule has 0 aromatic heterocycles. The number of hydrogen-bond donors (Lipinski definition) is 2. The molecule has 2 N–H and O–H groups in total. The molecule has 0 aliphatic carbocycles. The van der Waals surface area contributed by atoms with Gasteiger partial charge in [0.1, 0.15) is 11.6 Å². The Morgan fingerprint density at radius 3 is 2.67 bits per heavy atom. The highest BCUT2D eigenvalue weighted by Crippen LogP contribution is 2.29. The van der Waals surface area contributed by atoms with Crippen LogP contribution in [0.1, 0.15) is 5.56 Å². The molecule has 0 spiro atoms. The first-order valence-corrected chi connectivity index (χ1v) is 8.40. The average molecular weight is 425 g/mol. The van der Waals surface area contributed by atoms with E-state index in [9.17, 15) is 4.79 Å². The minimum atomic E-state index is -0.568. The molecule has 4 nitrogen and oxygen atoms in total. The van der Waals surface area contributed by atoms with E-state index in [4.69, 9.17) is 28.5 Å². The lowest BCUT2D eigenvalue weighted by atomic mass is 10.2. The fraction of sp³-hybridized carbons (Fsp3) is 0.0588. The number of benzene rings is 2. The number of amides is 1. The fourth-order valence-corrected chi connectivity index (χ4v) is 2.62. The highest BCUT2D eigenvalue weighted by molar-refractivity contribution is 9.10. The largest absolute Gasteiger partial charge is 0.386 e. The van der Waals surface area contributed by atoms with Crippen molar-refractivity contribution in [1.82, 2.24) is 5.32 Å². The number of halogens is 3. The maximum Gasteiger partial charge on any atom is 0.267 e. The van der Waals surface area contributed by atoms with Gasteiger partial charge in [-0.2, -0.15) is 5.26 Å². The van der Waals surface area contributed by atoms with E-state index in [-0.39, 0.29) is 10.6 Å². The molecule has 0 aliphatic rings. The van der Waals surface area contributed by atoms with Crippen molar-refractivity contribution < 1.29 is 4.79 Å². The van der Waals surface area contributed by atoms with Gasteiger partial charge in [-0.1, -0.05) is 63.4 Å². The number of nitrogens with one attached hydrogen (secondary N) is 2. The van der Waals surface area contributed by atoms with Gasteiger partial charge >= 0.3 is 0 Å². The van der Waals surface area contributed by atoms with Crippen LogP contribution in [-0.2, 0) is 11.3 Å². The minimum Gasteiger partial charge on any atom is -0.386 e. The Balaban J connectivity index is 2.05. The molecular formula is C17H12BrCl2N3O. The lowest BCUT2D eigenvalue weighted by Gasteiger charge is -2.08. The van der Waals surface area contributed by atoms with Crippen molar-refractivity contribution in [2.75, 3.05) is 5.32 Å². The standard InChI is InChI=1S/C17H12BrCl2N3O/c18-13-5-2-1-4-11(13)9-22-10-12(8-21)17(24)23-15-7-3-6-14(19)16(15)20/h1-7,10,22H,9H2,(H,23,24)/b12-10-. The van der Waals surface area contributed by atoms with Crippen LogP contribution in [0.4, 0.5) is 5.69 Å². The van der Waals surface area contributed by atoms with E-state index in [1.54, 1.807) is 18.2 Å². The molecule has 122 valence electrons. The van der Waals surface area contributed by atoms with Gasteiger partial charge in [0.25, 0.3) is 5.91 Å². The molecule has 0 fully saturated rings. The van der Waals surface area contributed by atoms with Crippen LogP contribution in [0, 0.1) is 11.3 Å². The third-order valence-electron chi connectivity index (χ3n) is 3.06. The molecule has 24 heavy (non-hydrogen) atoms. The quantitative estimate of drug-likeness (QED) is 0.530. The molecule has 7 heteroatoms. The number of hydrogen-bond acceptors (Lipinski definition) is 3. The maximum absolute atomic E-state index is 12.2. The number of rotatable bonds is 5. The van der Waals surface area contributed by atoms with Crippen LogP contribution < -0.4 is 10.6 Å². The molecule has 0 atom stereocenters. The van der Waals surface area contributed by atoms with Crippen molar-refractivity contribution >= 4 is 50.7 Å². The van der Waals surface area contributed by atoms with E-state index in [1.165, 1.54) is 6.20 Å². The van der Waals surface area contributed by atoms with Crippen LogP contribution >= 0.6 is 39.1 Å². The lowest BCUT2D eigenvalue weighted by molar-refractivity contribution is -0.112. The summed E-state index contributed by atoms with van der Waals surface area (Å²) >= 11 is 15.4. The summed E-state index contributed by atoms with van der Waals surface area (Å²) in [6.45, 7) is 0.470. The second kappa shape index (κ2) is 8.74. The van der Waals surface area contributed by atoms with Gasteiger partial charge in [-0.05, 0) is 23.8 Å². The summed E-state index contributed by atoms with van der Waals surface area (Å²) in [7, 11) is 0. The predicted octanol–water partition coefficient (Wildman–Crippen LogP) is 4.89. The Kier molecular flexibility index (Phi) is 6.68. The number of nitriles is 1. The maximum atomic E-state index is 12.2. The van der Waals surface area contributed by atoms with E-state index in [2.05, 4.69) is 26.6 Å². The molecular weight excluding hydrogens is 413 g/mol. The third-order valence-corrected chi connectivity index (χ3v) is 4.65. The Morgan fingerprint density at radius 1 is 1.21 bits per heavy atom. The van der Waals surface area contributed by atoms with Crippen LogP contribution in [-0.4, -0.2) is 5.91 Å². The van der Waals surface area contributed by atoms with Gasteiger partial charge in [0.15, 0.2) is 0 Å². The SMILES string of the molecule is N#C/C(=C/NCc1ccccc1Br)C(=O)Nc1cccc(Cl)c1Cl. The Morgan fingerprint density at radius 2 is 1.96 bits per heavy atom. The minimum absolute atomic E-state index is 0.0712. The number of anilines is 1. The summed E-state index contributed by atoms with van der Waals surface area (Å²) in [5, 5.41) is 15.2. The highest BCUT2D eigenvalue weighted by Gasteiger charge is 2.12. The molecule has 0 heterocycles. The summed E-state index contributed by atoms with van der Waals surface area (Å²) in [6, 6.07) is 14.4. The molecule has 0 unspecified atom stereocenters. The number of carbonyl (C=O) groups is 1. The normalized spacial score (nSPS) is 10.8. The van der Waals surface area contributed by atoms with Gasteiger partial charge in [0, 0.05) is 17.2 Å². The van der Waals surface area contributed by atoms with E-state index in [1.807, 2.05) is 30.3 Å². The first-order valence-electron chi connectivity index (χ1n) is 6.85. The second-order valence-electron chi connectivity index (χ2n) is 4.70. The van der Waals surface area contributed by atoms with E-state index >= 15 is 0 Å². The highest BCUT2D eigenvalue weighted by atomic mass is 79.9. The molecule has 0 bridgehead atoms. The van der Waals surface area contributed by atoms with Crippen molar-refractivity contribution in [3.05, 3.63) is 74.3 Å². The van der Waals surface area contributed by atoms with E-state index < -0.39 is 5.91 Å². The monoisotopic (exact) mass is 423 g/mol. The van der Waals surface area contributed by atoms with Crippen LogP contribution in [0.25, 0.3) is 0 Å². The van der Waals surface area contributed by atoms with Crippen LogP contribution in [0.3, 0.4) is 0 Å². The van der Waals surface area contributed by atoms with Gasteiger partial charge < -0.3 is 10.6 Å². The Labute approximate surface area is 158 Å². The van der Waals surface area contributed by atoms with Gasteiger partial charge in [-0.15, -0.1) is 0 Å². The van der Waals surface area contributed by atoms with Crippen molar-refractivity contribution in [2.24, 2.45) is 0 Å². The van der Waals surface area contributed by atoms with Gasteiger partial charge in [0.05, 0.1) is 15.7 Å². The second-order valence-corrected chi connectivity index (χ2v) is 6.34. The molecule has 2 aromatic carbocycles. The van der Waals surface area contributed by atoms with E-state index in [0.717, 1.165) is 10.0 Å². The summed E-state index contributed by atoms with van der Waals surface area (Å²) in [4.78, 5) is 12.2. The third kappa shape index (κ3) is 4.75. The molecule has 1 amide bonds. The van der Waals surface area contributed by atoms with Gasteiger partial charge in [0.2, 0.25) is 0 Å². The van der Waals surface area contributed by atoms with E-state index in [0.29, 0.717) is 17.3 Å². The molecule has 0 aliphatic heterocycles. The van der Waals surface area contributed by atoms with Crippen LogP contribution in [0.5, 0.6) is 0 Å². The Hall–Kier alpha value is -2.00. The van der Waals surface area contributed by atoms with Crippen molar-refractivity contribution in [2.45, 2.75) is 6.54 Å². The van der Waals surface area contributed by atoms with Crippen molar-refractivity contribution in [1.29, 1.82) is 5.26 Å². The zero-order chi connectivity index (χ0) is 17.5. The fourth-order valence-electron chi connectivity index (χ4n) is 1.84. The zero-order valence-electron chi connectivity index (χ0n) is 12.3. The molecule has 2 aromatic rings. The smallest absolute Gasteiger partial charge is 0.267 e. The van der Waals surface area contributed by atoms with Crippen molar-refractivity contribution in [3.8, 4) is 6.07 Å². The van der Waals surface area contributed by atoms with Crippen molar-refractivity contribution in [3.63, 3.8) is 0 Å². The molecule has 0 radical (unpaired) electrons. The van der Waals surface area contributed by atoms with Gasteiger partial charge in [-0.3, -0.25) is 4.79 Å². The summed E-state index contributed by atoms with van der Waals surface area (Å²) in [5.41, 5.74) is 1.28. The molecule has 2 rings (SSSR count). The predicted molar refractivity (Wildman–Crippen MR) is 99.8 cm³/mol. The lowest BCUT2D eigenvalue weighted by Crippen LogP contribution is -2.17. The molecule has 0 saturated carbocycles. The molecule has 0 saturated heterocycles. The average Bonchev–Trinajstić information content (AvgIpc) is 2.57. The summed E-state index contributed by atoms with van der Waals surface area (Å²) < 4.78 is 0.944. The number of carbonyl (C=O) groups excluding carboxylic acids is 1. The summed E-state index contributed by atoms with van der Waals surface area (Å²) in [6.07, 6.45) is 1.37. The first-order chi connectivity index (χ1) is 11.5. The van der Waals surface area contributed by atoms with Gasteiger partial charge in [-0.25, -0.2) is 0 Å². The Bertz CT molecular complexity index is 831. The number of nitrogens with zero attached hydrogens (tertiary/aromatic N) is 1. The van der Waals surface area contributed by atoms with Crippen LogP contribution in [0.2, 0.25) is 10.0 Å². The summed E-state index contributed by atoms with van der Waals surface area (Å²) in [5.74, 6) is -0.568. The zero-order valence-corrected chi connectivity index (χ0v) is 15.4.